The molecule has 98 valence electrons. The number of piperidine rings is 1. The van der Waals surface area contributed by atoms with E-state index in [1.54, 1.807) is 17.3 Å². The van der Waals surface area contributed by atoms with Crippen molar-refractivity contribution in [2.24, 2.45) is 5.41 Å². The molecule has 6 heteroatoms. The topological polar surface area (TPSA) is 66.3 Å². The van der Waals surface area contributed by atoms with Gasteiger partial charge in [-0.25, -0.2) is 9.97 Å². The highest BCUT2D eigenvalue weighted by molar-refractivity contribution is 9.10. The van der Waals surface area contributed by atoms with Gasteiger partial charge < -0.3 is 10.0 Å². The van der Waals surface area contributed by atoms with Crippen molar-refractivity contribution in [1.29, 1.82) is 0 Å². The number of halogens is 1. The minimum absolute atomic E-state index is 0.178. The van der Waals surface area contributed by atoms with Crippen LogP contribution < -0.4 is 0 Å². The lowest BCUT2D eigenvalue weighted by molar-refractivity contribution is -0.0186. The molecule has 1 aromatic rings. The lowest BCUT2D eigenvalue weighted by Gasteiger charge is -2.41. The number of aliphatic hydroxyl groups is 1. The zero-order valence-corrected chi connectivity index (χ0v) is 12.0. The molecule has 1 unspecified atom stereocenters. The minimum Gasteiger partial charge on any atom is -0.392 e. The Morgan fingerprint density at radius 2 is 2.11 bits per heavy atom. The van der Waals surface area contributed by atoms with Gasteiger partial charge in [-0.2, -0.15) is 0 Å². The molecule has 1 amide bonds. The lowest BCUT2D eigenvalue weighted by Crippen LogP contribution is -2.50. The number of carbonyl (C=O) groups excluding carboxylic acids is 1. The van der Waals surface area contributed by atoms with Gasteiger partial charge in [0, 0.05) is 30.9 Å². The zero-order chi connectivity index (χ0) is 13.3. The fraction of sp³-hybridized carbons (Fsp3) is 0.583. The van der Waals surface area contributed by atoms with Gasteiger partial charge in [0.15, 0.2) is 0 Å². The summed E-state index contributed by atoms with van der Waals surface area (Å²) in [6, 6.07) is 0. The van der Waals surface area contributed by atoms with Crippen molar-refractivity contribution in [1.82, 2.24) is 14.9 Å². The van der Waals surface area contributed by atoms with Crippen LogP contribution in [0, 0.1) is 5.41 Å². The minimum atomic E-state index is -0.368. The van der Waals surface area contributed by atoms with E-state index in [-0.39, 0.29) is 23.3 Å². The summed E-state index contributed by atoms with van der Waals surface area (Å²) in [4.78, 5) is 21.9. The summed E-state index contributed by atoms with van der Waals surface area (Å²) in [7, 11) is 0. The number of hydrogen-bond acceptors (Lipinski definition) is 4. The van der Waals surface area contributed by atoms with Crippen molar-refractivity contribution in [3.8, 4) is 0 Å². The molecule has 0 aromatic carbocycles. The van der Waals surface area contributed by atoms with Gasteiger partial charge in [0.05, 0.1) is 10.6 Å². The lowest BCUT2D eigenvalue weighted by atomic mass is 9.81. The van der Waals surface area contributed by atoms with Crippen molar-refractivity contribution >= 4 is 21.8 Å². The van der Waals surface area contributed by atoms with Crippen LogP contribution in [0.1, 0.15) is 30.9 Å². The Bertz CT molecular complexity index is 447. The molecule has 1 atom stereocenters. The molecular weight excluding hydrogens is 298 g/mol. The molecule has 0 radical (unpaired) electrons. The molecule has 0 aliphatic carbocycles. The molecule has 0 saturated carbocycles. The maximum Gasteiger partial charge on any atom is 0.291 e. The SMILES string of the molecule is CC1(C)CN(C(=O)c2ncc(Br)cn2)CCC1O. The first kappa shape index (κ1) is 13.4. The molecule has 18 heavy (non-hydrogen) atoms. The second-order valence-electron chi connectivity index (χ2n) is 5.24. The number of hydrogen-bond donors (Lipinski definition) is 1. The number of likely N-dealkylation sites (tertiary alicyclic amines) is 1. The molecule has 0 spiro atoms. The van der Waals surface area contributed by atoms with E-state index in [1.165, 1.54) is 0 Å². The predicted octanol–water partition coefficient (Wildman–Crippen LogP) is 1.47. The van der Waals surface area contributed by atoms with Crippen molar-refractivity contribution in [3.05, 3.63) is 22.7 Å². The maximum atomic E-state index is 12.2. The molecule has 1 aromatic heterocycles. The largest absolute Gasteiger partial charge is 0.392 e. The van der Waals surface area contributed by atoms with Crippen LogP contribution in [0.3, 0.4) is 0 Å². The Morgan fingerprint density at radius 3 is 2.67 bits per heavy atom. The number of rotatable bonds is 1. The zero-order valence-electron chi connectivity index (χ0n) is 10.4. The van der Waals surface area contributed by atoms with Crippen LogP contribution in [0.2, 0.25) is 0 Å². The summed E-state index contributed by atoms with van der Waals surface area (Å²) in [5.74, 6) is 0.0212. The fourth-order valence-corrected chi connectivity index (χ4v) is 2.29. The molecule has 1 N–H and O–H groups in total. The van der Waals surface area contributed by atoms with Crippen molar-refractivity contribution in [2.45, 2.75) is 26.4 Å². The molecule has 2 heterocycles. The third-order valence-electron chi connectivity index (χ3n) is 3.27. The standard InChI is InChI=1S/C12H16BrN3O2/c1-12(2)7-16(4-3-9(12)17)11(18)10-14-5-8(13)6-15-10/h5-6,9,17H,3-4,7H2,1-2H3. The molecule has 5 nitrogen and oxygen atoms in total. The molecule has 1 aliphatic heterocycles. The number of nitrogens with zero attached hydrogens (tertiary/aromatic N) is 3. The van der Waals surface area contributed by atoms with E-state index >= 15 is 0 Å². The number of amides is 1. The molecular formula is C12H16BrN3O2. The third kappa shape index (κ3) is 2.70. The number of aliphatic hydroxyl groups excluding tert-OH is 1. The van der Waals surface area contributed by atoms with Crippen molar-refractivity contribution < 1.29 is 9.90 Å². The van der Waals surface area contributed by atoms with Crippen LogP contribution >= 0.6 is 15.9 Å². The summed E-state index contributed by atoms with van der Waals surface area (Å²) in [6.07, 6.45) is 3.34. The van der Waals surface area contributed by atoms with Gasteiger partial charge in [-0.05, 0) is 22.4 Å². The molecule has 1 aliphatic rings. The Labute approximate surface area is 114 Å². The van der Waals surface area contributed by atoms with Gasteiger partial charge in [-0.15, -0.1) is 0 Å². The van der Waals surface area contributed by atoms with E-state index in [0.717, 1.165) is 4.47 Å². The Hall–Kier alpha value is -1.01. The summed E-state index contributed by atoms with van der Waals surface area (Å²) >= 11 is 3.23. The first-order valence-corrected chi connectivity index (χ1v) is 6.64. The average molecular weight is 314 g/mol. The van der Waals surface area contributed by atoms with Gasteiger partial charge >= 0.3 is 0 Å². The van der Waals surface area contributed by atoms with Crippen LogP contribution in [0.25, 0.3) is 0 Å². The van der Waals surface area contributed by atoms with Crippen LogP contribution in [0.5, 0.6) is 0 Å². The highest BCUT2D eigenvalue weighted by Crippen LogP contribution is 2.29. The van der Waals surface area contributed by atoms with E-state index in [9.17, 15) is 9.90 Å². The highest BCUT2D eigenvalue weighted by atomic mass is 79.9. The first-order valence-electron chi connectivity index (χ1n) is 5.85. The first-order chi connectivity index (χ1) is 8.40. The summed E-state index contributed by atoms with van der Waals surface area (Å²) in [6.45, 7) is 4.98. The monoisotopic (exact) mass is 313 g/mol. The van der Waals surface area contributed by atoms with Crippen molar-refractivity contribution in [3.63, 3.8) is 0 Å². The van der Waals surface area contributed by atoms with Gasteiger partial charge in [0.2, 0.25) is 5.82 Å². The molecule has 2 rings (SSSR count). The Morgan fingerprint density at radius 1 is 1.50 bits per heavy atom. The quantitative estimate of drug-likeness (QED) is 0.852. The maximum absolute atomic E-state index is 12.2. The number of carbonyl (C=O) groups is 1. The Balaban J connectivity index is 2.13. The summed E-state index contributed by atoms with van der Waals surface area (Å²) < 4.78 is 0.744. The van der Waals surface area contributed by atoms with E-state index in [4.69, 9.17) is 0 Å². The van der Waals surface area contributed by atoms with Gasteiger partial charge in [-0.1, -0.05) is 13.8 Å². The third-order valence-corrected chi connectivity index (χ3v) is 3.68. The van der Waals surface area contributed by atoms with Gasteiger partial charge in [0.25, 0.3) is 5.91 Å². The van der Waals surface area contributed by atoms with Crippen LogP contribution in [-0.4, -0.2) is 45.1 Å². The van der Waals surface area contributed by atoms with E-state index < -0.39 is 0 Å². The normalized spacial score (nSPS) is 22.9. The predicted molar refractivity (Wildman–Crippen MR) is 70.0 cm³/mol. The second kappa shape index (κ2) is 4.93. The average Bonchev–Trinajstić information content (AvgIpc) is 2.33. The van der Waals surface area contributed by atoms with E-state index in [1.807, 2.05) is 13.8 Å². The van der Waals surface area contributed by atoms with Gasteiger partial charge in [0.1, 0.15) is 0 Å². The molecule has 1 saturated heterocycles. The van der Waals surface area contributed by atoms with Gasteiger partial charge in [-0.3, -0.25) is 4.79 Å². The van der Waals surface area contributed by atoms with Crippen molar-refractivity contribution in [2.75, 3.05) is 13.1 Å². The fourth-order valence-electron chi connectivity index (χ4n) is 2.08. The molecule has 1 fully saturated rings. The van der Waals surface area contributed by atoms with E-state index in [0.29, 0.717) is 19.5 Å². The Kier molecular flexibility index (Phi) is 3.68. The van der Waals surface area contributed by atoms with Crippen LogP contribution in [-0.2, 0) is 0 Å². The molecule has 0 bridgehead atoms. The second-order valence-corrected chi connectivity index (χ2v) is 6.16. The summed E-state index contributed by atoms with van der Waals surface area (Å²) in [5, 5.41) is 9.87. The smallest absolute Gasteiger partial charge is 0.291 e. The summed E-state index contributed by atoms with van der Waals surface area (Å²) in [5.41, 5.74) is -0.288. The number of aromatic nitrogens is 2. The highest BCUT2D eigenvalue weighted by Gasteiger charge is 2.37. The van der Waals surface area contributed by atoms with Crippen LogP contribution in [0.4, 0.5) is 0 Å². The van der Waals surface area contributed by atoms with E-state index in [2.05, 4.69) is 25.9 Å². The van der Waals surface area contributed by atoms with Crippen LogP contribution in [0.15, 0.2) is 16.9 Å².